The van der Waals surface area contributed by atoms with Crippen LogP contribution < -0.4 is 10.5 Å². The fraction of sp³-hybridized carbons (Fsp3) is 0.333. The van der Waals surface area contributed by atoms with Crippen LogP contribution in [0.1, 0.15) is 11.6 Å². The zero-order valence-electron chi connectivity index (χ0n) is 8.28. The van der Waals surface area contributed by atoms with Crippen molar-refractivity contribution in [3.8, 4) is 11.5 Å². The van der Waals surface area contributed by atoms with E-state index in [1.165, 1.54) is 19.2 Å². The Bertz CT molecular complexity index is 357. The van der Waals surface area contributed by atoms with E-state index < -0.39 is 23.5 Å². The van der Waals surface area contributed by atoms with Crippen LogP contribution in [0.5, 0.6) is 11.5 Å². The van der Waals surface area contributed by atoms with Crippen LogP contribution in [-0.2, 0) is 0 Å². The van der Waals surface area contributed by atoms with Crippen LogP contribution in [0.2, 0.25) is 0 Å². The van der Waals surface area contributed by atoms with E-state index in [1.54, 1.807) is 0 Å². The average Bonchev–Trinajstić information content (AvgIpc) is 2.15. The molecule has 16 heavy (non-hydrogen) atoms. The van der Waals surface area contributed by atoms with Crippen LogP contribution >= 0.6 is 12.4 Å². The third-order valence-electron chi connectivity index (χ3n) is 1.93. The zero-order valence-corrected chi connectivity index (χ0v) is 9.10. The fourth-order valence-corrected chi connectivity index (χ4v) is 1.19. The Labute approximate surface area is 96.4 Å². The normalized spacial score (nSPS) is 12.8. The maximum atomic E-state index is 12.3. The van der Waals surface area contributed by atoms with E-state index in [2.05, 4.69) is 0 Å². The number of hydrogen-bond acceptors (Lipinski definition) is 3. The minimum Gasteiger partial charge on any atom is -0.507 e. The summed E-state index contributed by atoms with van der Waals surface area (Å²) in [4.78, 5) is 0. The summed E-state index contributed by atoms with van der Waals surface area (Å²) in [6.07, 6.45) is -4.62. The molecule has 0 saturated carbocycles. The van der Waals surface area contributed by atoms with Gasteiger partial charge in [-0.3, -0.25) is 0 Å². The highest BCUT2D eigenvalue weighted by Crippen LogP contribution is 2.39. The molecule has 3 nitrogen and oxygen atoms in total. The van der Waals surface area contributed by atoms with Crippen LogP contribution in [0.3, 0.4) is 0 Å². The standard InChI is InChI=1S/C9H10F3NO2.ClH/c1-15-6-4-2-3-5(14)7(6)8(13)9(10,11)12;/h2-4,8,14H,13H2,1H3;1H/t8-;/m1./s1. The minimum atomic E-state index is -4.62. The second-order valence-corrected chi connectivity index (χ2v) is 2.91. The van der Waals surface area contributed by atoms with E-state index in [-0.39, 0.29) is 18.2 Å². The van der Waals surface area contributed by atoms with Crippen LogP contribution in [0.25, 0.3) is 0 Å². The molecule has 0 heterocycles. The average molecular weight is 258 g/mol. The quantitative estimate of drug-likeness (QED) is 0.855. The highest BCUT2D eigenvalue weighted by atomic mass is 35.5. The van der Waals surface area contributed by atoms with Crippen molar-refractivity contribution in [3.05, 3.63) is 23.8 Å². The molecular formula is C9H11ClF3NO2. The van der Waals surface area contributed by atoms with Crippen molar-refractivity contribution in [2.45, 2.75) is 12.2 Å². The molecule has 1 aromatic rings. The summed E-state index contributed by atoms with van der Waals surface area (Å²) < 4.78 is 41.7. The molecule has 0 unspecified atom stereocenters. The van der Waals surface area contributed by atoms with Crippen molar-refractivity contribution < 1.29 is 23.0 Å². The lowest BCUT2D eigenvalue weighted by Gasteiger charge is -2.19. The predicted octanol–water partition coefficient (Wildman–Crippen LogP) is 2.38. The minimum absolute atomic E-state index is 0. The number of phenolic OH excluding ortho intramolecular Hbond substituents is 1. The third kappa shape index (κ3) is 2.93. The topological polar surface area (TPSA) is 55.5 Å². The summed E-state index contributed by atoms with van der Waals surface area (Å²) in [7, 11) is 1.21. The van der Waals surface area contributed by atoms with E-state index in [1.807, 2.05) is 0 Å². The largest absolute Gasteiger partial charge is 0.507 e. The van der Waals surface area contributed by atoms with Gasteiger partial charge in [-0.05, 0) is 12.1 Å². The first-order chi connectivity index (χ1) is 6.88. The van der Waals surface area contributed by atoms with Crippen molar-refractivity contribution in [2.75, 3.05) is 7.11 Å². The van der Waals surface area contributed by atoms with Gasteiger partial charge in [0.1, 0.15) is 17.5 Å². The lowest BCUT2D eigenvalue weighted by molar-refractivity contribution is -0.149. The number of phenols is 1. The number of alkyl halides is 3. The van der Waals surface area contributed by atoms with Gasteiger partial charge in [0.25, 0.3) is 0 Å². The highest BCUT2D eigenvalue weighted by Gasteiger charge is 2.40. The van der Waals surface area contributed by atoms with Crippen LogP contribution in [-0.4, -0.2) is 18.4 Å². The predicted molar refractivity (Wildman–Crippen MR) is 54.9 cm³/mol. The maximum Gasteiger partial charge on any atom is 0.407 e. The fourth-order valence-electron chi connectivity index (χ4n) is 1.19. The van der Waals surface area contributed by atoms with Crippen molar-refractivity contribution in [1.29, 1.82) is 0 Å². The summed E-state index contributed by atoms with van der Waals surface area (Å²) >= 11 is 0. The molecule has 0 saturated heterocycles. The van der Waals surface area contributed by atoms with Gasteiger partial charge in [0, 0.05) is 0 Å². The molecule has 92 valence electrons. The van der Waals surface area contributed by atoms with Gasteiger partial charge in [-0.2, -0.15) is 13.2 Å². The molecule has 0 aliphatic carbocycles. The van der Waals surface area contributed by atoms with E-state index in [0.29, 0.717) is 0 Å². The van der Waals surface area contributed by atoms with Gasteiger partial charge >= 0.3 is 6.18 Å². The van der Waals surface area contributed by atoms with Crippen LogP contribution in [0.4, 0.5) is 13.2 Å². The van der Waals surface area contributed by atoms with E-state index in [9.17, 15) is 18.3 Å². The first kappa shape index (κ1) is 14.9. The van der Waals surface area contributed by atoms with Gasteiger partial charge in [-0.15, -0.1) is 12.4 Å². The molecule has 1 rings (SSSR count). The molecule has 0 bridgehead atoms. The van der Waals surface area contributed by atoms with Gasteiger partial charge in [-0.1, -0.05) is 6.07 Å². The number of nitrogens with two attached hydrogens (primary N) is 1. The lowest BCUT2D eigenvalue weighted by Crippen LogP contribution is -2.28. The molecular weight excluding hydrogens is 247 g/mol. The Morgan fingerprint density at radius 1 is 1.38 bits per heavy atom. The number of hydrogen-bond donors (Lipinski definition) is 2. The molecule has 0 spiro atoms. The maximum absolute atomic E-state index is 12.3. The van der Waals surface area contributed by atoms with E-state index in [4.69, 9.17) is 10.5 Å². The van der Waals surface area contributed by atoms with Crippen LogP contribution in [0.15, 0.2) is 18.2 Å². The molecule has 0 aromatic heterocycles. The summed E-state index contributed by atoms with van der Waals surface area (Å²) in [5.74, 6) is -0.612. The lowest BCUT2D eigenvalue weighted by atomic mass is 10.0. The number of rotatable bonds is 2. The Kier molecular flexibility index (Phi) is 4.89. The summed E-state index contributed by atoms with van der Waals surface area (Å²) in [6, 6.07) is 1.55. The van der Waals surface area contributed by atoms with Gasteiger partial charge in [-0.25, -0.2) is 0 Å². The zero-order chi connectivity index (χ0) is 11.6. The number of aromatic hydroxyl groups is 1. The molecule has 1 atom stereocenters. The number of ether oxygens (including phenoxy) is 1. The number of benzene rings is 1. The second kappa shape index (κ2) is 5.27. The smallest absolute Gasteiger partial charge is 0.407 e. The van der Waals surface area contributed by atoms with Gasteiger partial charge in [0.05, 0.1) is 12.7 Å². The Morgan fingerprint density at radius 2 is 1.94 bits per heavy atom. The Morgan fingerprint density at radius 3 is 2.38 bits per heavy atom. The molecule has 0 aliphatic heterocycles. The van der Waals surface area contributed by atoms with Crippen LogP contribution in [0, 0.1) is 0 Å². The molecule has 0 radical (unpaired) electrons. The Balaban J connectivity index is 0.00000225. The molecule has 1 aromatic carbocycles. The molecule has 3 N–H and O–H groups in total. The summed E-state index contributed by atoms with van der Waals surface area (Å²) in [5, 5.41) is 9.30. The molecule has 0 fully saturated rings. The Hall–Kier alpha value is -1.14. The molecule has 0 amide bonds. The SMILES string of the molecule is COc1cccc(O)c1[C@@H](N)C(F)(F)F.Cl. The summed E-state index contributed by atoms with van der Waals surface area (Å²) in [6.45, 7) is 0. The van der Waals surface area contributed by atoms with E-state index >= 15 is 0 Å². The molecule has 0 aliphatic rings. The van der Waals surface area contributed by atoms with Gasteiger partial charge in [0.2, 0.25) is 0 Å². The second-order valence-electron chi connectivity index (χ2n) is 2.91. The monoisotopic (exact) mass is 257 g/mol. The van der Waals surface area contributed by atoms with Gasteiger partial charge < -0.3 is 15.6 Å². The first-order valence-corrected chi connectivity index (χ1v) is 4.06. The van der Waals surface area contributed by atoms with Crippen molar-refractivity contribution in [2.24, 2.45) is 5.73 Å². The number of halogens is 4. The molecule has 7 heteroatoms. The van der Waals surface area contributed by atoms with Gasteiger partial charge in [0.15, 0.2) is 0 Å². The number of methoxy groups -OCH3 is 1. The third-order valence-corrected chi connectivity index (χ3v) is 1.93. The highest BCUT2D eigenvalue weighted by molar-refractivity contribution is 5.85. The van der Waals surface area contributed by atoms with Crippen molar-refractivity contribution in [1.82, 2.24) is 0 Å². The summed E-state index contributed by atoms with van der Waals surface area (Å²) in [5.41, 5.74) is 4.53. The van der Waals surface area contributed by atoms with Crippen molar-refractivity contribution in [3.63, 3.8) is 0 Å². The van der Waals surface area contributed by atoms with E-state index in [0.717, 1.165) is 6.07 Å². The van der Waals surface area contributed by atoms with Crippen molar-refractivity contribution >= 4 is 12.4 Å². The first-order valence-electron chi connectivity index (χ1n) is 4.06.